The number of ether oxygens (including phenoxy) is 1. The van der Waals surface area contributed by atoms with Gasteiger partial charge in [0.1, 0.15) is 5.60 Å². The van der Waals surface area contributed by atoms with E-state index >= 15 is 0 Å². The van der Waals surface area contributed by atoms with E-state index in [9.17, 15) is 4.79 Å². The van der Waals surface area contributed by atoms with Crippen molar-refractivity contribution in [1.29, 1.82) is 0 Å². The second kappa shape index (κ2) is 4.48. The molecule has 98 valence electrons. The van der Waals surface area contributed by atoms with E-state index in [0.29, 0.717) is 18.7 Å². The van der Waals surface area contributed by atoms with Gasteiger partial charge in [-0.05, 0) is 32.4 Å². The predicted molar refractivity (Wildman–Crippen MR) is 69.2 cm³/mol. The van der Waals surface area contributed by atoms with Crippen molar-refractivity contribution in [2.75, 3.05) is 18.8 Å². The molecule has 2 heterocycles. The second-order valence-electron chi connectivity index (χ2n) is 5.37. The summed E-state index contributed by atoms with van der Waals surface area (Å²) < 4.78 is 28.4. The lowest BCUT2D eigenvalue weighted by Gasteiger charge is -2.39. The first-order valence-electron chi connectivity index (χ1n) is 7.31. The van der Waals surface area contributed by atoms with Gasteiger partial charge in [0.25, 0.3) is 0 Å². The maximum absolute atomic E-state index is 11.8. The average molecular weight is 252 g/mol. The molecule has 0 spiro atoms. The first-order chi connectivity index (χ1) is 9.60. The zero-order valence-corrected chi connectivity index (χ0v) is 10.8. The van der Waals surface area contributed by atoms with Gasteiger partial charge in [-0.15, -0.1) is 0 Å². The number of nitrogen functional groups attached to an aromatic ring is 1. The topological polar surface area (TPSA) is 68.5 Å². The third-order valence-electron chi connectivity index (χ3n) is 2.56. The summed E-state index contributed by atoms with van der Waals surface area (Å²) in [6.45, 7) is 6.12. The van der Waals surface area contributed by atoms with Crippen LogP contribution in [0, 0.1) is 0 Å². The number of nitrogens with zero attached hydrogens (tertiary/aromatic N) is 2. The van der Waals surface area contributed by atoms with E-state index < -0.39 is 11.7 Å². The average Bonchev–Trinajstić information content (AvgIpc) is 2.26. The lowest BCUT2D eigenvalue weighted by atomic mass is 9.93. The minimum Gasteiger partial charge on any atom is -0.444 e. The van der Waals surface area contributed by atoms with Gasteiger partial charge < -0.3 is 15.4 Å². The zero-order valence-electron chi connectivity index (χ0n) is 13.8. The monoisotopic (exact) mass is 252 g/mol. The Bertz CT molecular complexity index is 581. The van der Waals surface area contributed by atoms with Gasteiger partial charge in [-0.3, -0.25) is 4.98 Å². The van der Waals surface area contributed by atoms with Gasteiger partial charge >= 0.3 is 6.09 Å². The molecule has 18 heavy (non-hydrogen) atoms. The molecule has 1 aromatic rings. The molecule has 0 bridgehead atoms. The van der Waals surface area contributed by atoms with Crippen LogP contribution in [0.3, 0.4) is 0 Å². The van der Waals surface area contributed by atoms with Crippen molar-refractivity contribution >= 4 is 11.8 Å². The number of amides is 1. The summed E-state index contributed by atoms with van der Waals surface area (Å²) in [5.41, 5.74) is 5.43. The lowest BCUT2D eigenvalue weighted by Crippen LogP contribution is -2.50. The number of rotatable bonds is 1. The second-order valence-corrected chi connectivity index (χ2v) is 5.37. The van der Waals surface area contributed by atoms with Crippen molar-refractivity contribution < 1.29 is 13.6 Å². The Morgan fingerprint density at radius 1 is 1.56 bits per heavy atom. The van der Waals surface area contributed by atoms with Gasteiger partial charge in [0.2, 0.25) is 0 Å². The summed E-state index contributed by atoms with van der Waals surface area (Å²) in [7, 11) is 0. The molecule has 0 atom stereocenters. The van der Waals surface area contributed by atoms with Crippen LogP contribution in [-0.4, -0.2) is 34.7 Å². The van der Waals surface area contributed by atoms with Gasteiger partial charge in [0.15, 0.2) is 0 Å². The van der Waals surface area contributed by atoms with Crippen molar-refractivity contribution in [3.05, 3.63) is 24.0 Å². The highest BCUT2D eigenvalue weighted by Crippen LogP contribution is 2.28. The smallest absolute Gasteiger partial charge is 0.410 e. The van der Waals surface area contributed by atoms with Crippen LogP contribution in [0.4, 0.5) is 10.5 Å². The van der Waals surface area contributed by atoms with Crippen molar-refractivity contribution in [2.45, 2.75) is 32.3 Å². The van der Waals surface area contributed by atoms with E-state index in [2.05, 4.69) is 4.98 Å². The third kappa shape index (κ3) is 2.91. The van der Waals surface area contributed by atoms with Crippen LogP contribution < -0.4 is 5.73 Å². The molecule has 1 saturated heterocycles. The SMILES string of the molecule is [2H]c1nc([2H])c(C2CN(C(=O)OC(C)(C)C)C2)c([2H])c1N. The van der Waals surface area contributed by atoms with Crippen LogP contribution in [0.5, 0.6) is 0 Å². The largest absolute Gasteiger partial charge is 0.444 e. The third-order valence-corrected chi connectivity index (χ3v) is 2.56. The predicted octanol–water partition coefficient (Wildman–Crippen LogP) is 2.00. The first kappa shape index (κ1) is 9.19. The van der Waals surface area contributed by atoms with E-state index in [0.717, 1.165) is 0 Å². The molecule has 1 aromatic heterocycles. The molecule has 0 aliphatic carbocycles. The van der Waals surface area contributed by atoms with Crippen LogP contribution in [-0.2, 0) is 4.74 Å². The Morgan fingerprint density at radius 2 is 2.22 bits per heavy atom. The maximum atomic E-state index is 11.8. The number of carbonyl (C=O) groups is 1. The van der Waals surface area contributed by atoms with E-state index in [1.807, 2.05) is 0 Å². The van der Waals surface area contributed by atoms with Crippen LogP contribution in [0.2, 0.25) is 0 Å². The van der Waals surface area contributed by atoms with E-state index in [1.54, 1.807) is 20.8 Å². The molecule has 5 nitrogen and oxygen atoms in total. The number of carbonyl (C=O) groups excluding carboxylic acids is 1. The number of anilines is 1. The fraction of sp³-hybridized carbons (Fsp3) is 0.538. The first-order valence-corrected chi connectivity index (χ1v) is 5.81. The quantitative estimate of drug-likeness (QED) is 0.830. The van der Waals surface area contributed by atoms with Crippen LogP contribution >= 0.6 is 0 Å². The molecule has 2 rings (SSSR count). The lowest BCUT2D eigenvalue weighted by molar-refractivity contribution is 0.00818. The molecular weight excluding hydrogens is 230 g/mol. The fourth-order valence-corrected chi connectivity index (χ4v) is 1.68. The van der Waals surface area contributed by atoms with Crippen LogP contribution in [0.1, 0.15) is 36.4 Å². The Hall–Kier alpha value is -1.78. The van der Waals surface area contributed by atoms with Crippen LogP contribution in [0.25, 0.3) is 0 Å². The molecule has 5 heteroatoms. The standard InChI is InChI=1S/C13H19N3O2/c1-13(2,3)18-12(17)16-7-10(8-16)9-4-11(14)6-15-5-9/h4-6,10H,7-8,14H2,1-3H3/i4D,5D,6D. The Labute approximate surface area is 111 Å². The Balaban J connectivity index is 2.09. The van der Waals surface area contributed by atoms with Crippen LogP contribution in [0.15, 0.2) is 18.4 Å². The highest BCUT2D eigenvalue weighted by molar-refractivity contribution is 5.69. The number of hydrogen-bond donors (Lipinski definition) is 1. The fourth-order valence-electron chi connectivity index (χ4n) is 1.68. The molecule has 0 saturated carbocycles. The molecule has 1 aliphatic rings. The van der Waals surface area contributed by atoms with E-state index in [4.69, 9.17) is 14.6 Å². The summed E-state index contributed by atoms with van der Waals surface area (Å²) >= 11 is 0. The summed E-state index contributed by atoms with van der Waals surface area (Å²) in [6, 6.07) is -0.0335. The summed E-state index contributed by atoms with van der Waals surface area (Å²) in [4.78, 5) is 17.1. The molecule has 0 unspecified atom stereocenters. The Kier molecular flexibility index (Phi) is 2.29. The minimum absolute atomic E-state index is 0.0308. The summed E-state index contributed by atoms with van der Waals surface area (Å²) in [6.07, 6.45) is -0.778. The zero-order chi connectivity index (χ0) is 15.9. The molecule has 1 amide bonds. The maximum Gasteiger partial charge on any atom is 0.410 e. The molecule has 2 N–H and O–H groups in total. The highest BCUT2D eigenvalue weighted by Gasteiger charge is 2.34. The number of nitrogens with two attached hydrogens (primary N) is 1. The molecular formula is C13H19N3O2. The van der Waals surface area contributed by atoms with Crippen molar-refractivity contribution in [3.63, 3.8) is 0 Å². The number of likely N-dealkylation sites (tertiary alicyclic amines) is 1. The molecule has 0 radical (unpaired) electrons. The van der Waals surface area contributed by atoms with Crippen molar-refractivity contribution in [3.8, 4) is 0 Å². The molecule has 1 aliphatic heterocycles. The number of hydrogen-bond acceptors (Lipinski definition) is 4. The summed E-state index contributed by atoms with van der Waals surface area (Å²) in [5.74, 6) is -0.159. The van der Waals surface area contributed by atoms with E-state index in [-0.39, 0.29) is 30.0 Å². The Morgan fingerprint density at radius 3 is 2.83 bits per heavy atom. The highest BCUT2D eigenvalue weighted by atomic mass is 16.6. The van der Waals surface area contributed by atoms with Gasteiger partial charge in [-0.25, -0.2) is 4.79 Å². The molecule has 0 aromatic carbocycles. The minimum atomic E-state index is -0.553. The van der Waals surface area contributed by atoms with Crippen molar-refractivity contribution in [1.82, 2.24) is 9.88 Å². The number of aromatic nitrogens is 1. The normalized spacial score (nSPS) is 18.6. The summed E-state index contributed by atoms with van der Waals surface area (Å²) in [5, 5.41) is 0. The van der Waals surface area contributed by atoms with Gasteiger partial charge in [0.05, 0.1) is 9.80 Å². The van der Waals surface area contributed by atoms with Gasteiger partial charge in [-0.1, -0.05) is 0 Å². The number of pyridine rings is 1. The van der Waals surface area contributed by atoms with Gasteiger partial charge in [-0.2, -0.15) is 0 Å². The van der Waals surface area contributed by atoms with Gasteiger partial charge in [0, 0.05) is 31.4 Å². The van der Waals surface area contributed by atoms with Crippen molar-refractivity contribution in [2.24, 2.45) is 0 Å². The van der Waals surface area contributed by atoms with E-state index in [1.165, 1.54) is 4.90 Å². The molecule has 1 fully saturated rings.